The molecule has 23 heavy (non-hydrogen) atoms. The number of piperazine rings is 1. The predicted octanol–water partition coefficient (Wildman–Crippen LogP) is 1.94. The molecule has 1 aliphatic rings. The van der Waals surface area contributed by atoms with Crippen molar-refractivity contribution in [1.82, 2.24) is 14.2 Å². The summed E-state index contributed by atoms with van der Waals surface area (Å²) in [6.07, 6.45) is 1.56. The van der Waals surface area contributed by atoms with Gasteiger partial charge in [0.1, 0.15) is 9.90 Å². The van der Waals surface area contributed by atoms with Crippen LogP contribution >= 0.6 is 22.9 Å². The molecule has 2 aromatic rings. The molecular formula is C14H14ClN3O3S2. The number of aromatic nitrogens is 1. The second-order valence-electron chi connectivity index (χ2n) is 4.97. The van der Waals surface area contributed by atoms with E-state index in [1.165, 1.54) is 10.4 Å². The third kappa shape index (κ3) is 3.40. The molecule has 3 rings (SSSR count). The van der Waals surface area contributed by atoms with Gasteiger partial charge in [0.05, 0.1) is 4.34 Å². The number of carbonyl (C=O) groups excluding carboxylic acids is 1. The molecule has 0 aromatic carbocycles. The Labute approximate surface area is 143 Å². The third-order valence-electron chi connectivity index (χ3n) is 3.55. The van der Waals surface area contributed by atoms with Crippen LogP contribution in [0.15, 0.2) is 40.7 Å². The first kappa shape index (κ1) is 16.4. The van der Waals surface area contributed by atoms with Crippen molar-refractivity contribution >= 4 is 38.9 Å². The highest BCUT2D eigenvalue weighted by Crippen LogP contribution is 2.28. The molecule has 1 aliphatic heterocycles. The van der Waals surface area contributed by atoms with Crippen LogP contribution in [0.1, 0.15) is 10.5 Å². The van der Waals surface area contributed by atoms with Gasteiger partial charge in [0.25, 0.3) is 15.9 Å². The SMILES string of the molecule is O=C(c1ccccn1)N1CCN(S(=O)(=O)c2ccc(Cl)s2)CC1. The number of hydrogen-bond acceptors (Lipinski definition) is 5. The normalized spacial score (nSPS) is 16.5. The Morgan fingerprint density at radius 1 is 1.13 bits per heavy atom. The number of nitrogens with zero attached hydrogens (tertiary/aromatic N) is 3. The maximum atomic E-state index is 12.5. The molecule has 0 unspecified atom stereocenters. The lowest BCUT2D eigenvalue weighted by Gasteiger charge is -2.33. The van der Waals surface area contributed by atoms with Crippen LogP contribution in [0, 0.1) is 0 Å². The monoisotopic (exact) mass is 371 g/mol. The molecule has 0 aliphatic carbocycles. The van der Waals surface area contributed by atoms with Crippen LogP contribution in [0.25, 0.3) is 0 Å². The lowest BCUT2D eigenvalue weighted by molar-refractivity contribution is 0.0692. The van der Waals surface area contributed by atoms with Crippen LogP contribution in [-0.2, 0) is 10.0 Å². The molecule has 0 bridgehead atoms. The molecule has 122 valence electrons. The summed E-state index contributed by atoms with van der Waals surface area (Å²) >= 11 is 6.85. The van der Waals surface area contributed by atoms with Crippen LogP contribution in [-0.4, -0.2) is 54.7 Å². The lowest BCUT2D eigenvalue weighted by Crippen LogP contribution is -2.50. The summed E-state index contributed by atoms with van der Waals surface area (Å²) in [5.74, 6) is -0.179. The molecule has 0 N–H and O–H groups in total. The predicted molar refractivity (Wildman–Crippen MR) is 88.2 cm³/mol. The number of hydrogen-bond donors (Lipinski definition) is 0. The Morgan fingerprint density at radius 3 is 2.43 bits per heavy atom. The van der Waals surface area contributed by atoms with Crippen LogP contribution in [0.3, 0.4) is 0 Å². The number of thiophene rings is 1. The largest absolute Gasteiger partial charge is 0.335 e. The van der Waals surface area contributed by atoms with E-state index in [4.69, 9.17) is 11.6 Å². The van der Waals surface area contributed by atoms with Crippen LogP contribution in [0.2, 0.25) is 4.34 Å². The third-order valence-corrected chi connectivity index (χ3v) is 7.15. The van der Waals surface area contributed by atoms with Crippen molar-refractivity contribution in [2.24, 2.45) is 0 Å². The van der Waals surface area contributed by atoms with Gasteiger partial charge in [-0.1, -0.05) is 17.7 Å². The first-order valence-electron chi connectivity index (χ1n) is 6.94. The summed E-state index contributed by atoms with van der Waals surface area (Å²) in [5.41, 5.74) is 0.369. The highest BCUT2D eigenvalue weighted by Gasteiger charge is 2.31. The van der Waals surface area contributed by atoms with Gasteiger partial charge in [0.15, 0.2) is 0 Å². The second-order valence-corrected chi connectivity index (χ2v) is 8.85. The van der Waals surface area contributed by atoms with Crippen molar-refractivity contribution in [3.63, 3.8) is 0 Å². The molecule has 0 saturated carbocycles. The molecule has 1 fully saturated rings. The Bertz CT molecular complexity index is 800. The van der Waals surface area contributed by atoms with Crippen LogP contribution in [0.4, 0.5) is 0 Å². The highest BCUT2D eigenvalue weighted by atomic mass is 35.5. The fraction of sp³-hybridized carbons (Fsp3) is 0.286. The van der Waals surface area contributed by atoms with Gasteiger partial charge in [-0.3, -0.25) is 9.78 Å². The van der Waals surface area contributed by atoms with Gasteiger partial charge in [0, 0.05) is 32.4 Å². The molecule has 3 heterocycles. The summed E-state index contributed by atoms with van der Waals surface area (Å²) in [4.78, 5) is 18.0. The molecule has 0 radical (unpaired) electrons. The Morgan fingerprint density at radius 2 is 1.87 bits per heavy atom. The maximum absolute atomic E-state index is 12.5. The Balaban J connectivity index is 1.68. The fourth-order valence-electron chi connectivity index (χ4n) is 2.35. The van der Waals surface area contributed by atoms with Crippen LogP contribution in [0.5, 0.6) is 0 Å². The van der Waals surface area contributed by atoms with E-state index in [1.54, 1.807) is 35.4 Å². The molecule has 0 atom stereocenters. The number of amides is 1. The number of halogens is 1. The van der Waals surface area contributed by atoms with Crippen molar-refractivity contribution in [3.8, 4) is 0 Å². The minimum absolute atomic E-state index is 0.179. The van der Waals surface area contributed by atoms with E-state index in [9.17, 15) is 13.2 Å². The summed E-state index contributed by atoms with van der Waals surface area (Å²) in [5, 5.41) is 0. The maximum Gasteiger partial charge on any atom is 0.272 e. The smallest absolute Gasteiger partial charge is 0.272 e. The molecule has 2 aromatic heterocycles. The average Bonchev–Trinajstić information content (AvgIpc) is 3.02. The van der Waals surface area contributed by atoms with Gasteiger partial charge in [-0.05, 0) is 24.3 Å². The number of carbonyl (C=O) groups is 1. The van der Waals surface area contributed by atoms with Gasteiger partial charge >= 0.3 is 0 Å². The minimum Gasteiger partial charge on any atom is -0.335 e. The Hall–Kier alpha value is -1.48. The quantitative estimate of drug-likeness (QED) is 0.826. The van der Waals surface area contributed by atoms with Crippen molar-refractivity contribution in [2.75, 3.05) is 26.2 Å². The zero-order valence-electron chi connectivity index (χ0n) is 12.1. The zero-order valence-corrected chi connectivity index (χ0v) is 14.4. The Kier molecular flexibility index (Phi) is 4.67. The summed E-state index contributed by atoms with van der Waals surface area (Å²) in [7, 11) is -3.54. The van der Waals surface area contributed by atoms with E-state index in [-0.39, 0.29) is 23.2 Å². The van der Waals surface area contributed by atoms with Gasteiger partial charge in [0.2, 0.25) is 0 Å². The van der Waals surface area contributed by atoms with Crippen molar-refractivity contribution in [3.05, 3.63) is 46.6 Å². The number of rotatable bonds is 3. The minimum atomic E-state index is -3.54. The first-order chi connectivity index (χ1) is 11.0. The van der Waals surface area contributed by atoms with Crippen molar-refractivity contribution in [2.45, 2.75) is 4.21 Å². The summed E-state index contributed by atoms with van der Waals surface area (Å²) in [6.45, 7) is 1.20. The van der Waals surface area contributed by atoms with Crippen molar-refractivity contribution in [1.29, 1.82) is 0 Å². The molecule has 0 spiro atoms. The van der Waals surface area contributed by atoms with Gasteiger partial charge in [-0.2, -0.15) is 4.31 Å². The highest BCUT2D eigenvalue weighted by molar-refractivity contribution is 7.91. The van der Waals surface area contributed by atoms with Crippen LogP contribution < -0.4 is 0 Å². The molecule has 9 heteroatoms. The van der Waals surface area contributed by atoms with Gasteiger partial charge in [-0.15, -0.1) is 11.3 Å². The first-order valence-corrected chi connectivity index (χ1v) is 9.58. The van der Waals surface area contributed by atoms with E-state index in [0.29, 0.717) is 23.1 Å². The van der Waals surface area contributed by atoms with Gasteiger partial charge in [-0.25, -0.2) is 8.42 Å². The van der Waals surface area contributed by atoms with E-state index >= 15 is 0 Å². The molecule has 1 amide bonds. The summed E-state index contributed by atoms with van der Waals surface area (Å²) in [6, 6.07) is 8.22. The van der Waals surface area contributed by atoms with E-state index in [1.807, 2.05) is 0 Å². The topological polar surface area (TPSA) is 70.6 Å². The van der Waals surface area contributed by atoms with E-state index < -0.39 is 10.0 Å². The fourth-order valence-corrected chi connectivity index (χ4v) is 5.41. The zero-order chi connectivity index (χ0) is 16.4. The van der Waals surface area contributed by atoms with Crippen molar-refractivity contribution < 1.29 is 13.2 Å². The molecule has 1 saturated heterocycles. The van der Waals surface area contributed by atoms with Gasteiger partial charge < -0.3 is 4.90 Å². The average molecular weight is 372 g/mol. The molecular weight excluding hydrogens is 358 g/mol. The standard InChI is InChI=1S/C14H14ClN3O3S2/c15-12-4-5-13(22-12)23(20,21)18-9-7-17(8-10-18)14(19)11-3-1-2-6-16-11/h1-6H,7-10H2. The number of sulfonamides is 1. The van der Waals surface area contributed by atoms with E-state index in [0.717, 1.165) is 11.3 Å². The second kappa shape index (κ2) is 6.56. The lowest BCUT2D eigenvalue weighted by atomic mass is 10.3. The number of pyridine rings is 1. The summed E-state index contributed by atoms with van der Waals surface area (Å²) < 4.78 is 27.1. The molecule has 6 nitrogen and oxygen atoms in total. The van der Waals surface area contributed by atoms with E-state index in [2.05, 4.69) is 4.98 Å².